The molecule has 0 saturated carbocycles. The molecule has 0 fully saturated rings. The molecule has 0 aromatic rings. The molecule has 0 aromatic heterocycles. The number of hydrogen-bond donors (Lipinski definition) is 1. The first-order valence-corrected chi connectivity index (χ1v) is 6.49. The van der Waals surface area contributed by atoms with Crippen LogP contribution in [0.25, 0.3) is 0 Å². The van der Waals surface area contributed by atoms with E-state index in [1.165, 1.54) is 6.32 Å². The van der Waals surface area contributed by atoms with Crippen molar-refractivity contribution >= 4 is 35.1 Å². The maximum atomic E-state index is 5.25. The molecule has 41 valence electrons. The van der Waals surface area contributed by atoms with Crippen LogP contribution < -0.4 is 5.73 Å². The van der Waals surface area contributed by atoms with Gasteiger partial charge in [0.2, 0.25) is 0 Å². The van der Waals surface area contributed by atoms with Crippen LogP contribution in [0, 0.1) is 0 Å². The Morgan fingerprint density at radius 1 is 1.71 bits per heavy atom. The zero-order valence-electron chi connectivity index (χ0n) is 4.15. The summed E-state index contributed by atoms with van der Waals surface area (Å²) in [5.41, 5.74) is 5.25. The van der Waals surface area contributed by atoms with Crippen molar-refractivity contribution in [1.82, 2.24) is 0 Å². The third-order valence-electron chi connectivity index (χ3n) is 0.630. The summed E-state index contributed by atoms with van der Waals surface area (Å²) in [6.07, 6.45) is 3.30. The molecule has 0 bridgehead atoms. The molecule has 0 heterocycles. The lowest BCUT2D eigenvalue weighted by atomic mass is 10.0. The molecule has 7 heavy (non-hydrogen) atoms. The van der Waals surface area contributed by atoms with Crippen molar-refractivity contribution < 1.29 is 0 Å². The summed E-state index contributed by atoms with van der Waals surface area (Å²) >= 11 is 2.36. The summed E-state index contributed by atoms with van der Waals surface area (Å²) in [5.74, 6) is 0. The van der Waals surface area contributed by atoms with E-state index < -0.39 is 0 Å². The van der Waals surface area contributed by atoms with Crippen LogP contribution in [0.3, 0.4) is 0 Å². The molecule has 0 aliphatic carbocycles. The third kappa shape index (κ3) is 7.18. The second-order valence-corrected chi connectivity index (χ2v) is 3.74. The van der Waals surface area contributed by atoms with Crippen LogP contribution in [-0.4, -0.2) is 13.5 Å². The molecule has 0 aliphatic rings. The highest BCUT2D eigenvalue weighted by atomic mass is 127. The number of hydrogen-bond acceptors (Lipinski definition) is 1. The molecule has 0 spiro atoms. The van der Waals surface area contributed by atoms with Crippen LogP contribution in [0.2, 0.25) is 6.32 Å². The SMILES string of the molecule is NCCC[B]PI. The van der Waals surface area contributed by atoms with E-state index in [9.17, 15) is 0 Å². The monoisotopic (exact) mass is 228 g/mol. The van der Waals surface area contributed by atoms with Gasteiger partial charge in [-0.3, -0.25) is 0 Å². The second kappa shape index (κ2) is 7.18. The predicted molar refractivity (Wildman–Crippen MR) is 46.6 cm³/mol. The van der Waals surface area contributed by atoms with Gasteiger partial charge in [-0.05, 0) is 13.0 Å². The standard InChI is InChI=1S/C3H9BINP/c5-7-4-2-1-3-6/h7H,1-3,6H2. The van der Waals surface area contributed by atoms with Gasteiger partial charge in [0, 0.05) is 0 Å². The zero-order valence-corrected chi connectivity index (χ0v) is 7.31. The minimum Gasteiger partial charge on any atom is -0.331 e. The maximum Gasteiger partial charge on any atom is 0.156 e. The highest BCUT2D eigenvalue weighted by Crippen LogP contribution is 2.19. The summed E-state index contributed by atoms with van der Waals surface area (Å²) in [6.45, 7) is 3.10. The average Bonchev–Trinajstić information content (AvgIpc) is 1.69. The Hall–Kier alpha value is 1.18. The first-order chi connectivity index (χ1) is 3.41. The highest BCUT2D eigenvalue weighted by molar-refractivity contribution is 14.2. The Morgan fingerprint density at radius 3 is 2.86 bits per heavy atom. The number of halogens is 1. The third-order valence-corrected chi connectivity index (χ3v) is 2.39. The van der Waals surface area contributed by atoms with E-state index in [1.807, 2.05) is 0 Å². The Morgan fingerprint density at radius 2 is 2.43 bits per heavy atom. The van der Waals surface area contributed by atoms with Crippen LogP contribution in [0.5, 0.6) is 0 Å². The summed E-state index contributed by atoms with van der Waals surface area (Å²) in [6, 6.07) is 0. The van der Waals surface area contributed by atoms with Gasteiger partial charge in [-0.25, -0.2) is 0 Å². The molecule has 0 aromatic carbocycles. The van der Waals surface area contributed by atoms with E-state index in [0.29, 0.717) is 0 Å². The van der Waals surface area contributed by atoms with Gasteiger partial charge in [0.25, 0.3) is 0 Å². The van der Waals surface area contributed by atoms with Crippen molar-refractivity contribution in [2.24, 2.45) is 5.73 Å². The molecule has 0 amide bonds. The van der Waals surface area contributed by atoms with E-state index in [4.69, 9.17) is 5.73 Å². The normalized spacial score (nSPS) is 10.6. The van der Waals surface area contributed by atoms with E-state index >= 15 is 0 Å². The summed E-state index contributed by atoms with van der Waals surface area (Å²) in [4.78, 5) is 0. The molecular weight excluding hydrogens is 219 g/mol. The molecule has 0 saturated heterocycles. The molecule has 1 atom stereocenters. The van der Waals surface area contributed by atoms with Crippen molar-refractivity contribution in [1.29, 1.82) is 0 Å². The summed E-state index contributed by atoms with van der Waals surface area (Å²) in [7, 11) is 0. The molecule has 2 N–H and O–H groups in total. The van der Waals surface area contributed by atoms with Gasteiger partial charge < -0.3 is 5.73 Å². The smallest absolute Gasteiger partial charge is 0.156 e. The van der Waals surface area contributed by atoms with E-state index in [2.05, 4.69) is 29.0 Å². The van der Waals surface area contributed by atoms with Gasteiger partial charge >= 0.3 is 0 Å². The van der Waals surface area contributed by atoms with Crippen LogP contribution >= 0.6 is 28.1 Å². The summed E-state index contributed by atoms with van der Waals surface area (Å²) in [5, 5.41) is 0. The fourth-order valence-corrected chi connectivity index (χ4v) is 1.52. The number of nitrogens with two attached hydrogens (primary N) is 1. The lowest BCUT2D eigenvalue weighted by Gasteiger charge is -1.88. The summed E-state index contributed by atoms with van der Waals surface area (Å²) < 4.78 is 0. The van der Waals surface area contributed by atoms with E-state index in [1.54, 1.807) is 0 Å². The van der Waals surface area contributed by atoms with Crippen molar-refractivity contribution in [3.63, 3.8) is 0 Å². The largest absolute Gasteiger partial charge is 0.331 e. The van der Waals surface area contributed by atoms with Crippen molar-refractivity contribution in [2.45, 2.75) is 12.7 Å². The molecule has 1 nitrogen and oxygen atoms in total. The molecule has 0 aliphatic heterocycles. The van der Waals surface area contributed by atoms with Gasteiger partial charge in [0.1, 0.15) is 0 Å². The van der Waals surface area contributed by atoms with Crippen LogP contribution in [0.1, 0.15) is 6.42 Å². The minimum absolute atomic E-state index is 0.831. The van der Waals surface area contributed by atoms with Gasteiger partial charge in [-0.15, -0.1) is 0 Å². The maximum absolute atomic E-state index is 5.25. The Labute approximate surface area is 60.3 Å². The Bertz CT molecular complexity index is 34.1. The number of rotatable bonds is 4. The van der Waals surface area contributed by atoms with E-state index in [0.717, 1.165) is 19.1 Å². The second-order valence-electron chi connectivity index (χ2n) is 1.24. The Kier molecular flexibility index (Phi) is 8.40. The first kappa shape index (κ1) is 8.18. The Balaban J connectivity index is 2.45. The molecule has 0 rings (SSSR count). The fraction of sp³-hybridized carbons (Fsp3) is 1.00. The van der Waals surface area contributed by atoms with Crippen molar-refractivity contribution in [3.05, 3.63) is 0 Å². The minimum atomic E-state index is 0.831. The average molecular weight is 228 g/mol. The molecule has 1 radical (unpaired) electrons. The first-order valence-electron chi connectivity index (χ1n) is 2.29. The van der Waals surface area contributed by atoms with Gasteiger partial charge in [-0.1, -0.05) is 34.5 Å². The van der Waals surface area contributed by atoms with Gasteiger partial charge in [0.15, 0.2) is 7.00 Å². The van der Waals surface area contributed by atoms with Crippen molar-refractivity contribution in [3.8, 4) is 0 Å². The van der Waals surface area contributed by atoms with Crippen LogP contribution in [0.4, 0.5) is 0 Å². The van der Waals surface area contributed by atoms with E-state index in [-0.39, 0.29) is 0 Å². The molecule has 4 heteroatoms. The molecular formula is C3H9BINP. The molecule has 1 unspecified atom stereocenters. The lowest BCUT2D eigenvalue weighted by molar-refractivity contribution is 0.929. The van der Waals surface area contributed by atoms with Crippen LogP contribution in [-0.2, 0) is 0 Å². The predicted octanol–water partition coefficient (Wildman–Crippen LogP) is 1.40. The lowest BCUT2D eigenvalue weighted by Crippen LogP contribution is -1.97. The zero-order chi connectivity index (χ0) is 5.54. The van der Waals surface area contributed by atoms with Gasteiger partial charge in [0.05, 0.1) is 0 Å². The quantitative estimate of drug-likeness (QED) is 0.334. The highest BCUT2D eigenvalue weighted by Gasteiger charge is 1.83. The van der Waals surface area contributed by atoms with Crippen molar-refractivity contribution in [2.75, 3.05) is 6.54 Å². The topological polar surface area (TPSA) is 26.0 Å². The fourth-order valence-electron chi connectivity index (χ4n) is 0.274. The van der Waals surface area contributed by atoms with Gasteiger partial charge in [-0.2, -0.15) is 0 Å². The van der Waals surface area contributed by atoms with Crippen LogP contribution in [0.15, 0.2) is 0 Å².